The fourth-order valence-electron chi connectivity index (χ4n) is 4.80. The lowest BCUT2D eigenvalue weighted by Gasteiger charge is -2.43. The highest BCUT2D eigenvalue weighted by Crippen LogP contribution is 2.36. The van der Waals surface area contributed by atoms with Gasteiger partial charge in [0.2, 0.25) is 5.91 Å². The molecule has 0 aromatic heterocycles. The summed E-state index contributed by atoms with van der Waals surface area (Å²) >= 11 is 0. The average Bonchev–Trinajstić information content (AvgIpc) is 3.12. The summed E-state index contributed by atoms with van der Waals surface area (Å²) in [6, 6.07) is 2.15. The largest absolute Gasteiger partial charge is 0.337 e. The van der Waals surface area contributed by atoms with Crippen molar-refractivity contribution < 1.29 is 4.79 Å². The van der Waals surface area contributed by atoms with Crippen LogP contribution >= 0.6 is 0 Å². The zero-order valence-electron chi connectivity index (χ0n) is 11.8. The lowest BCUT2D eigenvalue weighted by molar-refractivity contribution is -0.141. The van der Waals surface area contributed by atoms with Gasteiger partial charge in [0.25, 0.3) is 0 Å². The van der Waals surface area contributed by atoms with E-state index in [9.17, 15) is 4.79 Å². The average molecular weight is 263 g/mol. The minimum Gasteiger partial charge on any atom is -0.337 e. The monoisotopic (exact) mass is 263 g/mol. The maximum absolute atomic E-state index is 12.9. The molecule has 0 spiro atoms. The zero-order chi connectivity index (χ0) is 13.0. The summed E-state index contributed by atoms with van der Waals surface area (Å²) in [5, 5.41) is 3.60. The molecule has 0 aromatic carbocycles. The van der Waals surface area contributed by atoms with Crippen LogP contribution in [0.25, 0.3) is 0 Å². The Labute approximate surface area is 115 Å². The topological polar surface area (TPSA) is 35.6 Å². The third kappa shape index (κ3) is 1.91. The van der Waals surface area contributed by atoms with Crippen molar-refractivity contribution in [2.24, 2.45) is 5.92 Å². The van der Waals surface area contributed by atoms with E-state index in [1.54, 1.807) is 0 Å². The van der Waals surface area contributed by atoms with Gasteiger partial charge in [-0.25, -0.2) is 0 Å². The molecule has 4 fully saturated rings. The maximum Gasteiger partial charge on any atom is 0.227 e. The number of carbonyl (C=O) groups excluding carboxylic acids is 1. The van der Waals surface area contributed by atoms with E-state index in [1.807, 2.05) is 0 Å². The maximum atomic E-state index is 12.9. The Hall–Kier alpha value is -0.610. The van der Waals surface area contributed by atoms with E-state index in [0.717, 1.165) is 19.5 Å². The molecule has 0 saturated carbocycles. The number of amides is 1. The molecule has 0 aliphatic carbocycles. The van der Waals surface area contributed by atoms with Crippen molar-refractivity contribution >= 4 is 5.91 Å². The second-order valence-corrected chi connectivity index (χ2v) is 7.02. The van der Waals surface area contributed by atoms with Crippen molar-refractivity contribution in [2.75, 3.05) is 19.6 Å². The molecule has 19 heavy (non-hydrogen) atoms. The molecule has 4 heteroatoms. The minimum absolute atomic E-state index is 0.272. The lowest BCUT2D eigenvalue weighted by atomic mass is 9.87. The van der Waals surface area contributed by atoms with Gasteiger partial charge in [0.05, 0.1) is 5.92 Å². The van der Waals surface area contributed by atoms with Gasteiger partial charge in [-0.2, -0.15) is 0 Å². The van der Waals surface area contributed by atoms with Crippen LogP contribution in [0.4, 0.5) is 0 Å². The quantitative estimate of drug-likeness (QED) is 0.761. The molecule has 0 aromatic rings. The molecular weight excluding hydrogens is 238 g/mol. The molecule has 4 rings (SSSR count). The molecular formula is C15H25N3O. The van der Waals surface area contributed by atoms with E-state index in [-0.39, 0.29) is 5.92 Å². The van der Waals surface area contributed by atoms with Gasteiger partial charge in [0.15, 0.2) is 0 Å². The highest BCUT2D eigenvalue weighted by molar-refractivity contribution is 5.80. The second kappa shape index (κ2) is 4.45. The fourth-order valence-corrected chi connectivity index (χ4v) is 4.80. The number of fused-ring (bicyclic) bond motifs is 3. The minimum atomic E-state index is 0.272. The van der Waals surface area contributed by atoms with Crippen LogP contribution in [0.2, 0.25) is 0 Å². The van der Waals surface area contributed by atoms with Crippen molar-refractivity contribution in [3.63, 3.8) is 0 Å². The normalized spacial score (nSPS) is 45.7. The van der Waals surface area contributed by atoms with Crippen molar-refractivity contribution in [1.82, 2.24) is 15.1 Å². The number of piperazine rings is 1. The van der Waals surface area contributed by atoms with E-state index in [4.69, 9.17) is 0 Å². The summed E-state index contributed by atoms with van der Waals surface area (Å²) in [6.45, 7) is 5.54. The van der Waals surface area contributed by atoms with E-state index in [2.05, 4.69) is 22.0 Å². The molecule has 5 atom stereocenters. The first-order valence-corrected chi connectivity index (χ1v) is 8.03. The predicted octanol–water partition coefficient (Wildman–Crippen LogP) is 0.822. The molecule has 1 N–H and O–H groups in total. The summed E-state index contributed by atoms with van der Waals surface area (Å²) < 4.78 is 0. The van der Waals surface area contributed by atoms with E-state index in [1.165, 1.54) is 32.2 Å². The third-order valence-corrected chi connectivity index (χ3v) is 5.84. The van der Waals surface area contributed by atoms with Crippen molar-refractivity contribution in [1.29, 1.82) is 0 Å². The Balaban J connectivity index is 1.47. The van der Waals surface area contributed by atoms with E-state index in [0.29, 0.717) is 30.1 Å². The van der Waals surface area contributed by atoms with Crippen LogP contribution in [0.1, 0.15) is 39.0 Å². The van der Waals surface area contributed by atoms with Crippen LogP contribution in [0.15, 0.2) is 0 Å². The van der Waals surface area contributed by atoms with Gasteiger partial charge in [-0.05, 0) is 45.6 Å². The van der Waals surface area contributed by atoms with Crippen LogP contribution in [0.5, 0.6) is 0 Å². The van der Waals surface area contributed by atoms with Gasteiger partial charge < -0.3 is 10.2 Å². The summed E-state index contributed by atoms with van der Waals surface area (Å²) in [7, 11) is 0. The number of rotatable bonds is 1. The first-order valence-electron chi connectivity index (χ1n) is 8.03. The molecule has 0 radical (unpaired) electrons. The smallest absolute Gasteiger partial charge is 0.227 e. The molecule has 4 heterocycles. The number of nitrogens with one attached hydrogen (secondary N) is 1. The highest BCUT2D eigenvalue weighted by atomic mass is 16.2. The Morgan fingerprint density at radius 1 is 1.21 bits per heavy atom. The van der Waals surface area contributed by atoms with Crippen LogP contribution < -0.4 is 5.32 Å². The summed E-state index contributed by atoms with van der Waals surface area (Å²) in [5.74, 6) is 0.716. The molecule has 2 bridgehead atoms. The van der Waals surface area contributed by atoms with Gasteiger partial charge in [0.1, 0.15) is 0 Å². The van der Waals surface area contributed by atoms with Gasteiger partial charge >= 0.3 is 0 Å². The first kappa shape index (κ1) is 12.2. The van der Waals surface area contributed by atoms with Crippen LogP contribution in [0, 0.1) is 5.92 Å². The SMILES string of the molecule is CC1CN2CCCC2CN1C(=O)C1CC2CCC1N2. The molecule has 4 nitrogen and oxygen atoms in total. The van der Waals surface area contributed by atoms with Gasteiger partial charge in [-0.15, -0.1) is 0 Å². The zero-order valence-corrected chi connectivity index (χ0v) is 11.8. The Bertz CT molecular complexity index is 386. The highest BCUT2D eigenvalue weighted by Gasteiger charge is 2.46. The van der Waals surface area contributed by atoms with Crippen LogP contribution in [-0.4, -0.2) is 59.5 Å². The van der Waals surface area contributed by atoms with Crippen LogP contribution in [-0.2, 0) is 4.79 Å². The van der Waals surface area contributed by atoms with Crippen molar-refractivity contribution in [3.05, 3.63) is 0 Å². The summed E-state index contributed by atoms with van der Waals surface area (Å²) in [5.41, 5.74) is 0. The van der Waals surface area contributed by atoms with E-state index < -0.39 is 0 Å². The molecule has 1 amide bonds. The van der Waals surface area contributed by atoms with Gasteiger partial charge in [-0.1, -0.05) is 0 Å². The Morgan fingerprint density at radius 2 is 2.11 bits per heavy atom. The number of hydrogen-bond donors (Lipinski definition) is 1. The van der Waals surface area contributed by atoms with Crippen LogP contribution in [0.3, 0.4) is 0 Å². The third-order valence-electron chi connectivity index (χ3n) is 5.84. The number of nitrogens with zero attached hydrogens (tertiary/aromatic N) is 2. The van der Waals surface area contributed by atoms with Gasteiger partial charge in [-0.3, -0.25) is 9.69 Å². The number of carbonyl (C=O) groups is 1. The molecule has 4 aliphatic heterocycles. The Kier molecular flexibility index (Phi) is 2.85. The second-order valence-electron chi connectivity index (χ2n) is 7.02. The van der Waals surface area contributed by atoms with Crippen molar-refractivity contribution in [2.45, 2.75) is 63.2 Å². The van der Waals surface area contributed by atoms with Gasteiger partial charge in [0, 0.05) is 37.3 Å². The summed E-state index contributed by atoms with van der Waals surface area (Å²) in [6.07, 6.45) is 6.17. The van der Waals surface area contributed by atoms with Crippen molar-refractivity contribution in [3.8, 4) is 0 Å². The standard InChI is InChI=1S/C15H25N3O/c1-10-8-17-6-2-3-12(17)9-18(10)15(19)13-7-11-4-5-14(13)16-11/h10-14,16H,2-9H2,1H3. The molecule has 5 unspecified atom stereocenters. The summed E-state index contributed by atoms with van der Waals surface area (Å²) in [4.78, 5) is 17.7. The number of hydrogen-bond acceptors (Lipinski definition) is 3. The molecule has 106 valence electrons. The Morgan fingerprint density at radius 3 is 2.84 bits per heavy atom. The van der Waals surface area contributed by atoms with E-state index >= 15 is 0 Å². The first-order chi connectivity index (χ1) is 9.22. The molecule has 4 aliphatic rings. The predicted molar refractivity (Wildman–Crippen MR) is 73.8 cm³/mol. The fraction of sp³-hybridized carbons (Fsp3) is 0.933. The molecule has 4 saturated heterocycles. The lowest BCUT2D eigenvalue weighted by Crippen LogP contribution is -2.58.